The maximum Gasteiger partial charge on any atom is 0.401 e. The first-order valence-electron chi connectivity index (χ1n) is 6.22. The van der Waals surface area contributed by atoms with Crippen LogP contribution in [0.25, 0.3) is 0 Å². The van der Waals surface area contributed by atoms with Gasteiger partial charge in [-0.25, -0.2) is 0 Å². The molecule has 1 N–H and O–H groups in total. The third kappa shape index (κ3) is 5.33. The lowest BCUT2D eigenvalue weighted by atomic mass is 10.1. The molecular weight excluding hydrogens is 372 g/mol. The average Bonchev–Trinajstić information content (AvgIpc) is 2.82. The molecule has 19 heavy (non-hydrogen) atoms. The van der Waals surface area contributed by atoms with Crippen LogP contribution in [0, 0.1) is 5.92 Å². The molecule has 8 heteroatoms. The molecule has 1 fully saturated rings. The van der Waals surface area contributed by atoms with Crippen molar-refractivity contribution in [2.45, 2.75) is 12.6 Å². The molecule has 0 bridgehead atoms. The van der Waals surface area contributed by atoms with Crippen LogP contribution in [-0.4, -0.2) is 68.3 Å². The second-order valence-electron chi connectivity index (χ2n) is 5.01. The van der Waals surface area contributed by atoms with Gasteiger partial charge in [0.05, 0.1) is 13.1 Å². The molecule has 4 nitrogen and oxygen atoms in total. The molecule has 0 aromatic rings. The van der Waals surface area contributed by atoms with Gasteiger partial charge in [0.2, 0.25) is 0 Å². The number of halogens is 4. The minimum absolute atomic E-state index is 0. The van der Waals surface area contributed by atoms with Gasteiger partial charge in [0.1, 0.15) is 0 Å². The quantitative estimate of drug-likeness (QED) is 0.737. The normalized spacial score (nSPS) is 24.3. The fourth-order valence-electron chi connectivity index (χ4n) is 2.44. The Morgan fingerprint density at radius 1 is 1.37 bits per heavy atom. The number of hydrogen-bond acceptors (Lipinski definition) is 4. The number of alkyl halides is 3. The van der Waals surface area contributed by atoms with Gasteiger partial charge < -0.3 is 10.2 Å². The van der Waals surface area contributed by atoms with Crippen LogP contribution in [0.3, 0.4) is 0 Å². The van der Waals surface area contributed by atoms with Gasteiger partial charge in [-0.1, -0.05) is 0 Å². The molecule has 2 aliphatic heterocycles. The van der Waals surface area contributed by atoms with E-state index in [1.807, 2.05) is 11.9 Å². The highest BCUT2D eigenvalue weighted by atomic mass is 127. The van der Waals surface area contributed by atoms with Gasteiger partial charge in [-0.3, -0.25) is 9.89 Å². The van der Waals surface area contributed by atoms with Crippen molar-refractivity contribution in [1.29, 1.82) is 0 Å². The summed E-state index contributed by atoms with van der Waals surface area (Å²) >= 11 is 0. The Morgan fingerprint density at radius 3 is 2.68 bits per heavy atom. The predicted octanol–water partition coefficient (Wildman–Crippen LogP) is 1.38. The van der Waals surface area contributed by atoms with E-state index in [4.69, 9.17) is 0 Å². The van der Waals surface area contributed by atoms with E-state index >= 15 is 0 Å². The summed E-state index contributed by atoms with van der Waals surface area (Å²) in [5, 5.41) is 3.22. The van der Waals surface area contributed by atoms with Crippen molar-refractivity contribution in [2.24, 2.45) is 10.9 Å². The molecule has 2 aliphatic rings. The number of likely N-dealkylation sites (N-methyl/N-ethyl adjacent to an activating group) is 1. The molecule has 2 rings (SSSR count). The first-order chi connectivity index (χ1) is 8.44. The Balaban J connectivity index is 0.00000180. The molecule has 112 valence electrons. The van der Waals surface area contributed by atoms with Crippen LogP contribution in [-0.2, 0) is 0 Å². The zero-order chi connectivity index (χ0) is 13.2. The standard InChI is InChI=1S/C11H19F3N4.HI/c1-17-5-3-15-10(17)16-6-9-2-4-18(7-9)8-11(12,13)14;/h9H,2-8H2,1H3,(H,15,16);1H. The van der Waals surface area contributed by atoms with E-state index in [0.29, 0.717) is 19.6 Å². The van der Waals surface area contributed by atoms with Crippen LogP contribution < -0.4 is 5.32 Å². The maximum absolute atomic E-state index is 12.2. The molecule has 0 saturated carbocycles. The summed E-state index contributed by atoms with van der Waals surface area (Å²) in [5.74, 6) is 1.15. The second kappa shape index (κ2) is 6.96. The Morgan fingerprint density at radius 2 is 2.11 bits per heavy atom. The van der Waals surface area contributed by atoms with Gasteiger partial charge >= 0.3 is 6.18 Å². The van der Waals surface area contributed by atoms with Gasteiger partial charge in [-0.15, -0.1) is 24.0 Å². The number of nitrogens with one attached hydrogen (secondary N) is 1. The van der Waals surface area contributed by atoms with Crippen molar-refractivity contribution in [3.05, 3.63) is 0 Å². The van der Waals surface area contributed by atoms with Crippen molar-refractivity contribution >= 4 is 29.9 Å². The first kappa shape index (κ1) is 16.8. The minimum atomic E-state index is -4.09. The molecule has 2 heterocycles. The summed E-state index contributed by atoms with van der Waals surface area (Å²) in [4.78, 5) is 7.80. The van der Waals surface area contributed by atoms with E-state index in [1.54, 1.807) is 0 Å². The number of nitrogens with zero attached hydrogens (tertiary/aromatic N) is 3. The van der Waals surface area contributed by atoms with E-state index in [1.165, 1.54) is 4.90 Å². The van der Waals surface area contributed by atoms with Gasteiger partial charge in [0, 0.05) is 26.7 Å². The highest BCUT2D eigenvalue weighted by molar-refractivity contribution is 14.0. The molecule has 1 atom stereocenters. The number of rotatable bonds is 3. The lowest BCUT2D eigenvalue weighted by Gasteiger charge is -2.19. The third-order valence-corrected chi connectivity index (χ3v) is 3.38. The van der Waals surface area contributed by atoms with Crippen molar-refractivity contribution < 1.29 is 13.2 Å². The summed E-state index contributed by atoms with van der Waals surface area (Å²) in [7, 11) is 1.96. The zero-order valence-corrected chi connectivity index (χ0v) is 13.2. The second-order valence-corrected chi connectivity index (χ2v) is 5.01. The number of aliphatic imine (C=N–C) groups is 1. The van der Waals surface area contributed by atoms with Crippen LogP contribution in [0.15, 0.2) is 4.99 Å². The van der Waals surface area contributed by atoms with E-state index in [0.717, 1.165) is 25.5 Å². The van der Waals surface area contributed by atoms with Crippen LogP contribution in [0.2, 0.25) is 0 Å². The van der Waals surface area contributed by atoms with Gasteiger partial charge in [-0.2, -0.15) is 13.2 Å². The molecule has 0 aliphatic carbocycles. The number of hydrogen-bond donors (Lipinski definition) is 1. The van der Waals surface area contributed by atoms with Crippen molar-refractivity contribution in [3.8, 4) is 0 Å². The van der Waals surface area contributed by atoms with Crippen LogP contribution in [0.4, 0.5) is 13.2 Å². The highest BCUT2D eigenvalue weighted by Crippen LogP contribution is 2.22. The maximum atomic E-state index is 12.2. The molecule has 0 aromatic carbocycles. The smallest absolute Gasteiger partial charge is 0.356 e. The molecular formula is C11H20F3IN4. The Hall–Kier alpha value is -0.250. The molecule has 0 aromatic heterocycles. The topological polar surface area (TPSA) is 30.9 Å². The number of likely N-dealkylation sites (tertiary alicyclic amines) is 1. The van der Waals surface area contributed by atoms with Crippen molar-refractivity contribution in [2.75, 3.05) is 46.3 Å². The largest absolute Gasteiger partial charge is 0.401 e. The average molecular weight is 392 g/mol. The fraction of sp³-hybridized carbons (Fsp3) is 0.909. The summed E-state index contributed by atoms with van der Waals surface area (Å²) in [5.41, 5.74) is 0. The summed E-state index contributed by atoms with van der Waals surface area (Å²) in [6.07, 6.45) is -3.27. The molecule has 1 unspecified atom stereocenters. The molecule has 0 spiro atoms. The van der Waals surface area contributed by atoms with Crippen molar-refractivity contribution in [1.82, 2.24) is 15.1 Å². The SMILES string of the molecule is CN1CCN=C1NCC1CCN(CC(F)(F)F)C1.I. The Bertz CT molecular complexity index is 322. The monoisotopic (exact) mass is 392 g/mol. The fourth-order valence-corrected chi connectivity index (χ4v) is 2.44. The summed E-state index contributed by atoms with van der Waals surface area (Å²) in [6.45, 7) is 2.68. The van der Waals surface area contributed by atoms with E-state index in [9.17, 15) is 13.2 Å². The van der Waals surface area contributed by atoms with Crippen molar-refractivity contribution in [3.63, 3.8) is 0 Å². The molecule has 0 radical (unpaired) electrons. The van der Waals surface area contributed by atoms with Gasteiger partial charge in [-0.05, 0) is 18.9 Å². The van der Waals surface area contributed by atoms with Crippen LogP contribution in [0.1, 0.15) is 6.42 Å². The van der Waals surface area contributed by atoms with Gasteiger partial charge in [0.15, 0.2) is 5.96 Å². The minimum Gasteiger partial charge on any atom is -0.356 e. The van der Waals surface area contributed by atoms with E-state index in [-0.39, 0.29) is 29.9 Å². The van der Waals surface area contributed by atoms with E-state index in [2.05, 4.69) is 10.3 Å². The Labute approximate surface area is 128 Å². The van der Waals surface area contributed by atoms with Crippen LogP contribution >= 0.6 is 24.0 Å². The predicted molar refractivity (Wildman–Crippen MR) is 79.0 cm³/mol. The lowest BCUT2D eigenvalue weighted by Crippen LogP contribution is -2.39. The molecule has 1 saturated heterocycles. The van der Waals surface area contributed by atoms with E-state index < -0.39 is 12.7 Å². The zero-order valence-electron chi connectivity index (χ0n) is 10.9. The summed E-state index contributed by atoms with van der Waals surface area (Å²) in [6, 6.07) is 0. The summed E-state index contributed by atoms with van der Waals surface area (Å²) < 4.78 is 36.7. The molecule has 0 amide bonds. The highest BCUT2D eigenvalue weighted by Gasteiger charge is 2.34. The number of guanidine groups is 1. The lowest BCUT2D eigenvalue weighted by molar-refractivity contribution is -0.143. The van der Waals surface area contributed by atoms with Crippen LogP contribution in [0.5, 0.6) is 0 Å². The third-order valence-electron chi connectivity index (χ3n) is 3.38. The first-order valence-corrected chi connectivity index (χ1v) is 6.22. The Kier molecular flexibility index (Phi) is 6.15. The van der Waals surface area contributed by atoms with Gasteiger partial charge in [0.25, 0.3) is 0 Å².